The van der Waals surface area contributed by atoms with Gasteiger partial charge in [0.15, 0.2) is 0 Å². The molecule has 1 heterocycles. The van der Waals surface area contributed by atoms with Crippen LogP contribution in [0.1, 0.15) is 51.4 Å². The van der Waals surface area contributed by atoms with Gasteiger partial charge >= 0.3 is 6.03 Å². The summed E-state index contributed by atoms with van der Waals surface area (Å²) in [5.41, 5.74) is 0.165. The van der Waals surface area contributed by atoms with Crippen LogP contribution in [0.5, 0.6) is 0 Å². The highest BCUT2D eigenvalue weighted by Gasteiger charge is 2.39. The summed E-state index contributed by atoms with van der Waals surface area (Å²) < 4.78 is 5.52. The quantitative estimate of drug-likeness (QED) is 0.866. The summed E-state index contributed by atoms with van der Waals surface area (Å²) >= 11 is 0. The van der Waals surface area contributed by atoms with Gasteiger partial charge in [-0.3, -0.25) is 4.90 Å². The maximum absolute atomic E-state index is 12.4. The molecule has 0 atom stereocenters. The van der Waals surface area contributed by atoms with Crippen LogP contribution in [0.25, 0.3) is 0 Å². The zero-order valence-electron chi connectivity index (χ0n) is 14.0. The number of carbonyl (C=O) groups is 1. The van der Waals surface area contributed by atoms with Crippen LogP contribution in [0.4, 0.5) is 4.79 Å². The molecular formula is C17H31N3O2. The predicted molar refractivity (Wildman–Crippen MR) is 87.0 cm³/mol. The summed E-state index contributed by atoms with van der Waals surface area (Å²) in [6, 6.07) is 0.577. The van der Waals surface area contributed by atoms with E-state index in [1.807, 2.05) is 11.9 Å². The largest absolute Gasteiger partial charge is 0.379 e. The van der Waals surface area contributed by atoms with Crippen LogP contribution in [0, 0.1) is 0 Å². The summed E-state index contributed by atoms with van der Waals surface area (Å²) in [5.74, 6) is 0. The zero-order valence-corrected chi connectivity index (χ0v) is 14.0. The Hall–Kier alpha value is -0.810. The minimum atomic E-state index is 0.114. The number of nitrogens with one attached hydrogen (secondary N) is 1. The number of hydrogen-bond donors (Lipinski definition) is 1. The Morgan fingerprint density at radius 1 is 1.18 bits per heavy atom. The third-order valence-electron chi connectivity index (χ3n) is 5.98. The van der Waals surface area contributed by atoms with Gasteiger partial charge in [-0.15, -0.1) is 0 Å². The Bertz CT molecular complexity index is 372. The molecule has 3 aliphatic rings. The lowest BCUT2D eigenvalue weighted by atomic mass is 9.79. The van der Waals surface area contributed by atoms with E-state index in [1.165, 1.54) is 51.4 Å². The maximum atomic E-state index is 12.4. The molecule has 0 aromatic heterocycles. The van der Waals surface area contributed by atoms with Gasteiger partial charge in [0.2, 0.25) is 0 Å². The van der Waals surface area contributed by atoms with E-state index in [4.69, 9.17) is 4.74 Å². The fourth-order valence-electron chi connectivity index (χ4n) is 4.16. The zero-order chi connectivity index (χ0) is 15.4. The van der Waals surface area contributed by atoms with Gasteiger partial charge in [0.1, 0.15) is 0 Å². The number of hydrogen-bond acceptors (Lipinski definition) is 3. The molecule has 3 rings (SSSR count). The molecule has 5 nitrogen and oxygen atoms in total. The maximum Gasteiger partial charge on any atom is 0.317 e. The molecular weight excluding hydrogens is 278 g/mol. The lowest BCUT2D eigenvalue weighted by molar-refractivity contribution is -0.0361. The summed E-state index contributed by atoms with van der Waals surface area (Å²) in [5, 5.41) is 3.24. The first kappa shape index (κ1) is 16.1. The standard InChI is InChI=1S/C17H31N3O2/c1-19(15-6-5-7-15)16(21)18-14-17(8-3-2-4-9-17)20-10-12-22-13-11-20/h15H,2-14H2,1H3,(H,18,21). The topological polar surface area (TPSA) is 44.8 Å². The van der Waals surface area contributed by atoms with Crippen molar-refractivity contribution < 1.29 is 9.53 Å². The van der Waals surface area contributed by atoms with Crippen LogP contribution < -0.4 is 5.32 Å². The lowest BCUT2D eigenvalue weighted by Gasteiger charge is -2.48. The summed E-state index contributed by atoms with van der Waals surface area (Å²) in [4.78, 5) is 16.9. The third-order valence-corrected chi connectivity index (χ3v) is 5.98. The predicted octanol–water partition coefficient (Wildman–Crippen LogP) is 2.22. The molecule has 0 unspecified atom stereocenters. The van der Waals surface area contributed by atoms with E-state index in [-0.39, 0.29) is 11.6 Å². The molecule has 2 aliphatic carbocycles. The fourth-order valence-corrected chi connectivity index (χ4v) is 4.16. The van der Waals surface area contributed by atoms with Gasteiger partial charge in [-0.05, 0) is 32.1 Å². The second-order valence-corrected chi connectivity index (χ2v) is 7.24. The minimum absolute atomic E-state index is 0.114. The Kier molecular flexibility index (Phi) is 5.24. The SMILES string of the molecule is CN(C(=O)NCC1(N2CCOCC2)CCCCC1)C1CCC1. The Morgan fingerprint density at radius 2 is 1.86 bits per heavy atom. The summed E-state index contributed by atoms with van der Waals surface area (Å²) in [6.45, 7) is 4.47. The lowest BCUT2D eigenvalue weighted by Crippen LogP contribution is -2.61. The second kappa shape index (κ2) is 7.18. The first-order valence-electron chi connectivity index (χ1n) is 9.05. The van der Waals surface area contributed by atoms with Crippen molar-refractivity contribution in [1.29, 1.82) is 0 Å². The smallest absolute Gasteiger partial charge is 0.317 e. The van der Waals surface area contributed by atoms with Crippen molar-refractivity contribution in [2.24, 2.45) is 0 Å². The molecule has 0 spiro atoms. The Labute approximate surface area is 134 Å². The Morgan fingerprint density at radius 3 is 2.45 bits per heavy atom. The first-order valence-corrected chi connectivity index (χ1v) is 9.05. The average Bonchev–Trinajstić information content (AvgIpc) is 2.52. The third kappa shape index (κ3) is 3.40. The van der Waals surface area contributed by atoms with Crippen LogP contribution >= 0.6 is 0 Å². The van der Waals surface area contributed by atoms with E-state index in [0.717, 1.165) is 32.8 Å². The van der Waals surface area contributed by atoms with Gasteiger partial charge in [-0.1, -0.05) is 19.3 Å². The molecule has 0 aromatic rings. The van der Waals surface area contributed by atoms with E-state index in [9.17, 15) is 4.79 Å². The molecule has 0 radical (unpaired) electrons. The van der Waals surface area contributed by atoms with E-state index in [2.05, 4.69) is 10.2 Å². The van der Waals surface area contributed by atoms with Gasteiger partial charge in [0.05, 0.1) is 13.2 Å². The molecule has 22 heavy (non-hydrogen) atoms. The van der Waals surface area contributed by atoms with Crippen LogP contribution in [0.3, 0.4) is 0 Å². The van der Waals surface area contributed by atoms with Crippen molar-refractivity contribution in [3.63, 3.8) is 0 Å². The highest BCUT2D eigenvalue weighted by molar-refractivity contribution is 5.74. The molecule has 1 N–H and O–H groups in total. The van der Waals surface area contributed by atoms with Gasteiger partial charge in [0.25, 0.3) is 0 Å². The fraction of sp³-hybridized carbons (Fsp3) is 0.941. The monoisotopic (exact) mass is 309 g/mol. The van der Waals surface area contributed by atoms with Crippen molar-refractivity contribution >= 4 is 6.03 Å². The number of amides is 2. The first-order chi connectivity index (χ1) is 10.7. The molecule has 0 bridgehead atoms. The van der Waals surface area contributed by atoms with Gasteiger partial charge < -0.3 is 15.0 Å². The number of urea groups is 1. The summed E-state index contributed by atoms with van der Waals surface area (Å²) in [7, 11) is 1.95. The van der Waals surface area contributed by atoms with E-state index in [0.29, 0.717) is 6.04 Å². The highest BCUT2D eigenvalue weighted by Crippen LogP contribution is 2.34. The normalized spacial score (nSPS) is 26.2. The molecule has 5 heteroatoms. The molecule has 2 amide bonds. The number of morpholine rings is 1. The van der Waals surface area contributed by atoms with Crippen LogP contribution in [0.15, 0.2) is 0 Å². The van der Waals surface area contributed by atoms with Crippen molar-refractivity contribution in [3.05, 3.63) is 0 Å². The van der Waals surface area contributed by atoms with Crippen LogP contribution in [0.2, 0.25) is 0 Å². The molecule has 1 saturated heterocycles. The van der Waals surface area contributed by atoms with Crippen LogP contribution in [-0.2, 0) is 4.74 Å². The average molecular weight is 309 g/mol. The minimum Gasteiger partial charge on any atom is -0.379 e. The van der Waals surface area contributed by atoms with E-state index >= 15 is 0 Å². The number of rotatable bonds is 4. The van der Waals surface area contributed by atoms with Crippen molar-refractivity contribution in [2.45, 2.75) is 62.9 Å². The number of carbonyl (C=O) groups excluding carboxylic acids is 1. The molecule has 126 valence electrons. The van der Waals surface area contributed by atoms with Gasteiger partial charge in [0, 0.05) is 38.3 Å². The van der Waals surface area contributed by atoms with Crippen molar-refractivity contribution in [1.82, 2.24) is 15.1 Å². The van der Waals surface area contributed by atoms with Crippen LogP contribution in [-0.4, -0.2) is 67.3 Å². The summed E-state index contributed by atoms with van der Waals surface area (Å²) in [6.07, 6.45) is 9.91. The number of ether oxygens (including phenoxy) is 1. The molecule has 1 aliphatic heterocycles. The van der Waals surface area contributed by atoms with Gasteiger partial charge in [-0.25, -0.2) is 4.79 Å². The van der Waals surface area contributed by atoms with E-state index < -0.39 is 0 Å². The van der Waals surface area contributed by atoms with E-state index in [1.54, 1.807) is 0 Å². The second-order valence-electron chi connectivity index (χ2n) is 7.24. The molecule has 2 saturated carbocycles. The van der Waals surface area contributed by atoms with Crippen molar-refractivity contribution in [2.75, 3.05) is 39.9 Å². The number of nitrogens with zero attached hydrogens (tertiary/aromatic N) is 2. The molecule has 0 aromatic carbocycles. The van der Waals surface area contributed by atoms with Crippen molar-refractivity contribution in [3.8, 4) is 0 Å². The highest BCUT2D eigenvalue weighted by atomic mass is 16.5. The molecule has 3 fully saturated rings. The Balaban J connectivity index is 1.58. The van der Waals surface area contributed by atoms with Gasteiger partial charge in [-0.2, -0.15) is 0 Å².